The van der Waals surface area contributed by atoms with Gasteiger partial charge < -0.3 is 24.2 Å². The van der Waals surface area contributed by atoms with Crippen LogP contribution in [0.2, 0.25) is 5.02 Å². The predicted octanol–water partition coefficient (Wildman–Crippen LogP) is 5.02. The molecule has 5 rings (SSSR count). The van der Waals surface area contributed by atoms with Gasteiger partial charge in [-0.2, -0.15) is 4.98 Å². The molecule has 1 aliphatic rings. The van der Waals surface area contributed by atoms with E-state index in [1.807, 2.05) is 18.4 Å². The van der Waals surface area contributed by atoms with Crippen molar-refractivity contribution >= 4 is 46.0 Å². The van der Waals surface area contributed by atoms with Gasteiger partial charge in [-0.1, -0.05) is 25.4 Å². The number of nitrogens with one attached hydrogen (secondary N) is 1. The van der Waals surface area contributed by atoms with E-state index < -0.39 is 5.82 Å². The second-order valence-electron chi connectivity index (χ2n) is 9.63. The fraction of sp³-hybridized carbons (Fsp3) is 0.400. The molecule has 0 bridgehead atoms. The Kier molecular flexibility index (Phi) is 6.72. The number of carbonyl (C=O) groups excluding carboxylic acids is 1. The van der Waals surface area contributed by atoms with E-state index in [1.54, 1.807) is 32.3 Å². The summed E-state index contributed by atoms with van der Waals surface area (Å²) in [5, 5.41) is 7.83. The number of benzene rings is 1. The Bertz CT molecular complexity index is 1440. The molecule has 10 nitrogen and oxygen atoms in total. The predicted molar refractivity (Wildman–Crippen MR) is 139 cm³/mol. The fourth-order valence-corrected chi connectivity index (χ4v) is 4.71. The Balaban J connectivity index is 1.36. The lowest BCUT2D eigenvalue weighted by Gasteiger charge is -2.31. The third kappa shape index (κ3) is 4.83. The third-order valence-electron chi connectivity index (χ3n) is 6.50. The molecule has 194 valence electrons. The summed E-state index contributed by atoms with van der Waals surface area (Å²) in [5.41, 5.74) is 1.47. The lowest BCUT2D eigenvalue weighted by atomic mass is 10.1. The topological polar surface area (TPSA) is 105 Å². The molecule has 0 aliphatic carbocycles. The van der Waals surface area contributed by atoms with E-state index in [4.69, 9.17) is 16.1 Å². The summed E-state index contributed by atoms with van der Waals surface area (Å²) in [6, 6.07) is 4.98. The van der Waals surface area contributed by atoms with Crippen LogP contribution in [0.4, 0.5) is 21.8 Å². The molecular formula is C25H28ClFN8O2. The number of aromatic nitrogens is 5. The molecule has 12 heteroatoms. The minimum absolute atomic E-state index is 0.0578. The first-order chi connectivity index (χ1) is 17.7. The minimum atomic E-state index is -0.421. The van der Waals surface area contributed by atoms with E-state index in [9.17, 15) is 4.79 Å². The highest BCUT2D eigenvalue weighted by molar-refractivity contribution is 6.33. The van der Waals surface area contributed by atoms with Crippen molar-refractivity contribution in [3.63, 3.8) is 0 Å². The Morgan fingerprint density at radius 3 is 2.65 bits per heavy atom. The molecule has 0 unspecified atom stereocenters. The largest absolute Gasteiger partial charge is 0.345 e. The molecule has 1 N–H and O–H groups in total. The average Bonchev–Trinajstić information content (AvgIpc) is 3.51. The molecule has 4 aromatic rings. The van der Waals surface area contributed by atoms with E-state index in [0.29, 0.717) is 52.7 Å². The average molecular weight is 527 g/mol. The molecule has 4 heterocycles. The van der Waals surface area contributed by atoms with Gasteiger partial charge in [-0.3, -0.25) is 4.79 Å². The first-order valence-corrected chi connectivity index (χ1v) is 12.5. The number of anilines is 3. The number of hydrogen-bond acceptors (Lipinski definition) is 8. The number of nitrogens with zero attached hydrogens (tertiary/aromatic N) is 7. The van der Waals surface area contributed by atoms with Crippen molar-refractivity contribution < 1.29 is 13.7 Å². The summed E-state index contributed by atoms with van der Waals surface area (Å²) in [6.45, 7) is 5.45. The molecule has 1 aliphatic heterocycles. The smallest absolute Gasteiger partial charge is 0.266 e. The monoisotopic (exact) mass is 526 g/mol. The molecule has 1 fully saturated rings. The molecule has 0 radical (unpaired) electrons. The molecular weight excluding hydrogens is 499 g/mol. The highest BCUT2D eigenvalue weighted by atomic mass is 35.5. The van der Waals surface area contributed by atoms with E-state index in [-0.39, 0.29) is 23.3 Å². The van der Waals surface area contributed by atoms with Crippen LogP contribution in [0.15, 0.2) is 35.2 Å². The highest BCUT2D eigenvalue weighted by Gasteiger charge is 2.27. The van der Waals surface area contributed by atoms with Gasteiger partial charge in [0, 0.05) is 50.9 Å². The van der Waals surface area contributed by atoms with Crippen molar-refractivity contribution in [3.8, 4) is 0 Å². The van der Waals surface area contributed by atoms with Crippen molar-refractivity contribution in [1.29, 1.82) is 0 Å². The zero-order valence-electron chi connectivity index (χ0n) is 21.1. The molecule has 0 saturated carbocycles. The van der Waals surface area contributed by atoms with Gasteiger partial charge in [-0.25, -0.2) is 14.4 Å². The number of carbonyl (C=O) groups is 1. The van der Waals surface area contributed by atoms with Crippen LogP contribution in [0.5, 0.6) is 0 Å². The lowest BCUT2D eigenvalue weighted by molar-refractivity contribution is 0.0827. The van der Waals surface area contributed by atoms with Gasteiger partial charge in [-0.15, -0.1) is 0 Å². The van der Waals surface area contributed by atoms with Crippen LogP contribution in [-0.4, -0.2) is 62.7 Å². The standard InChI is InChI=1S/C25H28ClFN8O2/c1-14(2)23-31-25(32-37-23)34-9-7-16(8-10-34)35-12-18(27)20-21(28-13-29-22(20)35)30-19-6-5-15(11-17(19)26)24(36)33(3)4/h5-6,11-14,16H,7-10H2,1-4H3,(H,28,29,30). The summed E-state index contributed by atoms with van der Waals surface area (Å²) in [5.74, 6) is 1.10. The van der Waals surface area contributed by atoms with Crippen LogP contribution in [0.3, 0.4) is 0 Å². The first-order valence-electron chi connectivity index (χ1n) is 12.1. The number of hydrogen-bond donors (Lipinski definition) is 1. The second-order valence-corrected chi connectivity index (χ2v) is 10.0. The van der Waals surface area contributed by atoms with Crippen LogP contribution in [0, 0.1) is 5.82 Å². The maximum absolute atomic E-state index is 15.2. The van der Waals surface area contributed by atoms with Crippen LogP contribution >= 0.6 is 11.6 Å². The molecule has 0 atom stereocenters. The van der Waals surface area contributed by atoms with Crippen molar-refractivity contribution in [2.45, 2.75) is 38.6 Å². The summed E-state index contributed by atoms with van der Waals surface area (Å²) in [7, 11) is 3.34. The van der Waals surface area contributed by atoms with Gasteiger partial charge in [0.2, 0.25) is 5.89 Å². The molecule has 1 saturated heterocycles. The summed E-state index contributed by atoms with van der Waals surface area (Å²) < 4.78 is 22.5. The second kappa shape index (κ2) is 9.97. The summed E-state index contributed by atoms with van der Waals surface area (Å²) >= 11 is 6.43. The molecule has 0 spiro atoms. The Hall–Kier alpha value is -3.73. The zero-order chi connectivity index (χ0) is 26.3. The van der Waals surface area contributed by atoms with E-state index >= 15 is 4.39 Å². The summed E-state index contributed by atoms with van der Waals surface area (Å²) in [6.07, 6.45) is 4.43. The maximum atomic E-state index is 15.2. The quantitative estimate of drug-likeness (QED) is 0.373. The number of piperidine rings is 1. The van der Waals surface area contributed by atoms with Gasteiger partial charge in [0.25, 0.3) is 11.9 Å². The Labute approximate surface area is 218 Å². The lowest BCUT2D eigenvalue weighted by Crippen LogP contribution is -2.35. The van der Waals surface area contributed by atoms with Crippen molar-refractivity contribution in [1.82, 2.24) is 29.6 Å². The van der Waals surface area contributed by atoms with Crippen LogP contribution in [0.25, 0.3) is 11.0 Å². The van der Waals surface area contributed by atoms with E-state index in [2.05, 4.69) is 30.3 Å². The molecule has 1 amide bonds. The van der Waals surface area contributed by atoms with Crippen LogP contribution in [-0.2, 0) is 0 Å². The fourth-order valence-electron chi connectivity index (χ4n) is 4.48. The first kappa shape index (κ1) is 24.9. The number of fused-ring (bicyclic) bond motifs is 1. The van der Waals surface area contributed by atoms with Crippen LogP contribution in [0.1, 0.15) is 54.9 Å². The molecule has 1 aromatic carbocycles. The van der Waals surface area contributed by atoms with Crippen LogP contribution < -0.4 is 10.2 Å². The van der Waals surface area contributed by atoms with Gasteiger partial charge in [0.15, 0.2) is 5.82 Å². The van der Waals surface area contributed by atoms with Gasteiger partial charge in [0.05, 0.1) is 16.1 Å². The van der Waals surface area contributed by atoms with Gasteiger partial charge >= 0.3 is 0 Å². The normalized spacial score (nSPS) is 14.5. The Morgan fingerprint density at radius 1 is 1.24 bits per heavy atom. The van der Waals surface area contributed by atoms with E-state index in [1.165, 1.54) is 17.4 Å². The van der Waals surface area contributed by atoms with E-state index in [0.717, 1.165) is 12.8 Å². The minimum Gasteiger partial charge on any atom is -0.345 e. The van der Waals surface area contributed by atoms with Gasteiger partial charge in [0.1, 0.15) is 17.8 Å². The molecule has 37 heavy (non-hydrogen) atoms. The van der Waals surface area contributed by atoms with Gasteiger partial charge in [-0.05, 0) is 36.2 Å². The highest BCUT2D eigenvalue weighted by Crippen LogP contribution is 2.34. The number of halogens is 2. The van der Waals surface area contributed by atoms with Crippen molar-refractivity contribution in [3.05, 3.63) is 53.0 Å². The van der Waals surface area contributed by atoms with Crippen molar-refractivity contribution in [2.24, 2.45) is 0 Å². The SMILES string of the molecule is CC(C)c1nc(N2CCC(n3cc(F)c4c(Nc5ccc(C(=O)N(C)C)cc5Cl)ncnc43)CC2)no1. The Morgan fingerprint density at radius 2 is 2.00 bits per heavy atom. The summed E-state index contributed by atoms with van der Waals surface area (Å²) in [4.78, 5) is 28.9. The molecule has 3 aromatic heterocycles. The number of rotatable bonds is 6. The van der Waals surface area contributed by atoms with Crippen molar-refractivity contribution in [2.75, 3.05) is 37.4 Å². The third-order valence-corrected chi connectivity index (χ3v) is 6.82. The zero-order valence-corrected chi connectivity index (χ0v) is 21.8. The maximum Gasteiger partial charge on any atom is 0.266 e. The number of amides is 1.